The van der Waals surface area contributed by atoms with Gasteiger partial charge in [-0.15, -0.1) is 0 Å². The quantitative estimate of drug-likeness (QED) is 0.0917. The molecule has 0 aliphatic rings. The lowest BCUT2D eigenvalue weighted by atomic mass is 9.79. The highest BCUT2D eigenvalue weighted by Crippen LogP contribution is 2.28. The smallest absolute Gasteiger partial charge is 0.0623 e. The minimum absolute atomic E-state index is 0.0878. The summed E-state index contributed by atoms with van der Waals surface area (Å²) in [5.74, 6) is 0. The molecule has 0 unspecified atom stereocenters. The fourth-order valence-electron chi connectivity index (χ4n) is 9.32. The number of benzene rings is 8. The van der Waals surface area contributed by atoms with Crippen LogP contribution in [0.1, 0.15) is 51.3 Å². The van der Waals surface area contributed by atoms with Crippen LogP contribution in [-0.4, -0.2) is 16.1 Å². The second kappa shape index (κ2) is 16.2. The van der Waals surface area contributed by atoms with Crippen LogP contribution in [0.4, 0.5) is 0 Å². The summed E-state index contributed by atoms with van der Waals surface area (Å²) in [6, 6.07) is 85.1. The van der Waals surface area contributed by atoms with E-state index in [0.717, 1.165) is 6.42 Å². The van der Waals surface area contributed by atoms with Gasteiger partial charge in [-0.25, -0.2) is 0 Å². The van der Waals surface area contributed by atoms with Gasteiger partial charge in [-0.2, -0.15) is 0 Å². The highest BCUT2D eigenvalue weighted by Gasteiger charge is 2.43. The Labute approximate surface area is 349 Å². The molecule has 2 heteroatoms. The van der Waals surface area contributed by atoms with Crippen molar-refractivity contribution in [2.24, 2.45) is 0 Å². The molecular weight excluding hydrogens is 729 g/mol. The van der Waals surface area contributed by atoms with Gasteiger partial charge in [0.25, 0.3) is 0 Å². The van der Waals surface area contributed by atoms with E-state index in [0.29, 0.717) is 0 Å². The molecule has 0 saturated heterocycles. The van der Waals surface area contributed by atoms with Gasteiger partial charge >= 0.3 is 0 Å². The van der Waals surface area contributed by atoms with Crippen LogP contribution >= 0.6 is 0 Å². The van der Waals surface area contributed by atoms with Gasteiger partial charge in [-0.3, -0.25) is 0 Å². The van der Waals surface area contributed by atoms with Gasteiger partial charge in [-0.05, 0) is 75.4 Å². The van der Waals surface area contributed by atoms with Crippen molar-refractivity contribution in [1.29, 1.82) is 0 Å². The molecular formula is C56H54Si2. The lowest BCUT2D eigenvalue weighted by Gasteiger charge is -2.36. The van der Waals surface area contributed by atoms with Crippen LogP contribution in [0, 0.1) is 0 Å². The first-order valence-corrected chi connectivity index (χ1v) is 24.7. The molecule has 0 nitrogen and oxygen atoms in total. The molecule has 0 aliphatic carbocycles. The zero-order valence-electron chi connectivity index (χ0n) is 34.6. The molecule has 0 atom stereocenters. The Balaban J connectivity index is 1.21. The van der Waals surface area contributed by atoms with Crippen LogP contribution in [0.15, 0.2) is 224 Å². The van der Waals surface area contributed by atoms with Gasteiger partial charge in [0.2, 0.25) is 0 Å². The third kappa shape index (κ3) is 7.28. The summed E-state index contributed by atoms with van der Waals surface area (Å²) in [4.78, 5) is 0. The first-order chi connectivity index (χ1) is 28.1. The van der Waals surface area contributed by atoms with Gasteiger partial charge in [0, 0.05) is 0 Å². The highest BCUT2D eigenvalue weighted by molar-refractivity contribution is 7.20. The average Bonchev–Trinajstić information content (AvgIpc) is 3.27. The summed E-state index contributed by atoms with van der Waals surface area (Å²) in [5, 5.41) is 11.2. The van der Waals surface area contributed by atoms with Gasteiger partial charge in [-0.1, -0.05) is 259 Å². The van der Waals surface area contributed by atoms with Crippen LogP contribution in [0.5, 0.6) is 0 Å². The van der Waals surface area contributed by atoms with E-state index in [1.165, 1.54) is 58.2 Å². The molecule has 8 aromatic rings. The van der Waals surface area contributed by atoms with Crippen LogP contribution in [0.25, 0.3) is 0 Å². The van der Waals surface area contributed by atoms with E-state index >= 15 is 0 Å². The van der Waals surface area contributed by atoms with Crippen molar-refractivity contribution in [1.82, 2.24) is 0 Å². The van der Waals surface area contributed by atoms with Gasteiger partial charge in [0.1, 0.15) is 0 Å². The fourth-order valence-corrected chi connectivity index (χ4v) is 18.8. The SMILES string of the molecule is CC(C)(C)c1ccc([Si](c2ccccc2)(c2ccccc2)c2ccc(CC(C)(C)c3cccc([Si](c4ccccc4)(c4ccccc4)c4ccccc4)c3)cc2)cc1. The molecule has 0 bridgehead atoms. The van der Waals surface area contributed by atoms with Crippen molar-refractivity contribution in [2.45, 2.75) is 51.9 Å². The predicted octanol–water partition coefficient (Wildman–Crippen LogP) is 8.26. The summed E-state index contributed by atoms with van der Waals surface area (Å²) in [6.07, 6.45) is 0.929. The van der Waals surface area contributed by atoms with E-state index in [1.54, 1.807) is 0 Å². The highest BCUT2D eigenvalue weighted by atomic mass is 28.3. The second-order valence-corrected chi connectivity index (χ2v) is 25.1. The third-order valence-corrected chi connectivity index (χ3v) is 21.9. The molecule has 0 fully saturated rings. The van der Waals surface area contributed by atoms with Crippen molar-refractivity contribution in [3.8, 4) is 0 Å². The van der Waals surface area contributed by atoms with Crippen molar-refractivity contribution in [2.75, 3.05) is 0 Å². The van der Waals surface area contributed by atoms with E-state index < -0.39 is 16.1 Å². The molecule has 58 heavy (non-hydrogen) atoms. The summed E-state index contributed by atoms with van der Waals surface area (Å²) >= 11 is 0. The maximum absolute atomic E-state index is 2.65. The molecule has 0 spiro atoms. The van der Waals surface area contributed by atoms with Crippen LogP contribution in [0.2, 0.25) is 0 Å². The Morgan fingerprint density at radius 3 is 0.966 bits per heavy atom. The number of hydrogen-bond donors (Lipinski definition) is 0. The Hall–Kier alpha value is -5.81. The summed E-state index contributed by atoms with van der Waals surface area (Å²) in [6.45, 7) is 11.7. The van der Waals surface area contributed by atoms with E-state index in [1.807, 2.05) is 0 Å². The molecule has 0 N–H and O–H groups in total. The second-order valence-electron chi connectivity index (χ2n) is 17.5. The van der Waals surface area contributed by atoms with E-state index in [9.17, 15) is 0 Å². The Morgan fingerprint density at radius 1 is 0.293 bits per heavy atom. The lowest BCUT2D eigenvalue weighted by Crippen LogP contribution is -2.74. The average molecular weight is 783 g/mol. The largest absolute Gasteiger partial charge is 0.179 e. The van der Waals surface area contributed by atoms with E-state index in [-0.39, 0.29) is 10.8 Å². The van der Waals surface area contributed by atoms with Crippen molar-refractivity contribution in [3.05, 3.63) is 241 Å². The van der Waals surface area contributed by atoms with Gasteiger partial charge in [0.05, 0.1) is 0 Å². The molecule has 0 saturated carbocycles. The molecule has 0 amide bonds. The maximum Gasteiger partial charge on any atom is 0.179 e. The van der Waals surface area contributed by atoms with Crippen LogP contribution in [0.3, 0.4) is 0 Å². The molecule has 0 heterocycles. The van der Waals surface area contributed by atoms with E-state index in [4.69, 9.17) is 0 Å². The van der Waals surface area contributed by atoms with Crippen LogP contribution < -0.4 is 41.5 Å². The lowest BCUT2D eigenvalue weighted by molar-refractivity contribution is 0.523. The summed E-state index contributed by atoms with van der Waals surface area (Å²) in [5.41, 5.74) is 4.05. The standard InChI is InChI=1S/C56H54Si2/c1-55(2,3)45-36-40-53(41-37-45)57(47-23-11-6-12-24-47,48-25-13-7-14-26-48)52-38-34-44(35-39-52)43-56(4,5)46-22-21-33-54(42-46)58(49-27-15-8-16-28-49,50-29-17-9-18-30-50)51-31-19-10-20-32-51/h6-42H,43H2,1-5H3. The molecule has 286 valence electrons. The van der Waals surface area contributed by atoms with Crippen molar-refractivity contribution in [3.63, 3.8) is 0 Å². The maximum atomic E-state index is 2.54. The minimum atomic E-state index is -2.65. The first-order valence-electron chi connectivity index (χ1n) is 20.7. The monoisotopic (exact) mass is 782 g/mol. The summed E-state index contributed by atoms with van der Waals surface area (Å²) < 4.78 is 0. The topological polar surface area (TPSA) is 0 Å². The molecule has 0 radical (unpaired) electrons. The molecule has 0 aliphatic heterocycles. The van der Waals surface area contributed by atoms with Gasteiger partial charge < -0.3 is 0 Å². The van der Waals surface area contributed by atoms with E-state index in [2.05, 4.69) is 259 Å². The van der Waals surface area contributed by atoms with Gasteiger partial charge in [0.15, 0.2) is 16.1 Å². The third-order valence-electron chi connectivity index (χ3n) is 12.3. The molecule has 8 rings (SSSR count). The first kappa shape index (κ1) is 39.0. The fraction of sp³-hybridized carbons (Fsp3) is 0.143. The Morgan fingerprint density at radius 2 is 0.603 bits per heavy atom. The number of hydrogen-bond acceptors (Lipinski definition) is 0. The Bertz CT molecular complexity index is 2400. The zero-order valence-corrected chi connectivity index (χ0v) is 36.6. The van der Waals surface area contributed by atoms with Crippen LogP contribution in [-0.2, 0) is 17.3 Å². The molecule has 0 aromatic heterocycles. The zero-order chi connectivity index (χ0) is 40.2. The summed E-state index contributed by atoms with van der Waals surface area (Å²) in [7, 11) is -5.29. The minimum Gasteiger partial charge on any atom is -0.0623 e. The normalized spacial score (nSPS) is 12.3. The molecule has 8 aromatic carbocycles. The number of rotatable bonds is 11. The predicted molar refractivity (Wildman–Crippen MR) is 256 cm³/mol. The Kier molecular flexibility index (Phi) is 10.9. The van der Waals surface area contributed by atoms with Crippen molar-refractivity contribution >= 4 is 57.6 Å². The van der Waals surface area contributed by atoms with Crippen molar-refractivity contribution < 1.29 is 0 Å².